The Morgan fingerprint density at radius 3 is 2.56 bits per heavy atom. The number of amides is 1. The summed E-state index contributed by atoms with van der Waals surface area (Å²) in [6.07, 6.45) is -3.34. The zero-order valence-corrected chi connectivity index (χ0v) is 23.0. The number of para-hydroxylation sites is 1. The first-order valence-electron chi connectivity index (χ1n) is 13.1. The minimum absolute atomic E-state index is 0.0254. The monoisotopic (exact) mass is 584 g/mol. The van der Waals surface area contributed by atoms with Crippen LogP contribution in [0.25, 0.3) is 10.6 Å². The number of piperidine rings is 1. The lowest BCUT2D eigenvalue weighted by atomic mass is 9.96. The molecular weight excluding hydrogens is 556 g/mol. The van der Waals surface area contributed by atoms with Gasteiger partial charge in [0.25, 0.3) is 5.91 Å². The van der Waals surface area contributed by atoms with E-state index in [0.29, 0.717) is 31.1 Å². The van der Waals surface area contributed by atoms with Gasteiger partial charge < -0.3 is 20.3 Å². The van der Waals surface area contributed by atoms with Crippen LogP contribution >= 0.6 is 11.3 Å². The molecule has 1 fully saturated rings. The number of hydrogen-bond acceptors (Lipinski definition) is 6. The maximum Gasteiger partial charge on any atom is 0.422 e. The maximum absolute atomic E-state index is 14.8. The second kappa shape index (κ2) is 12.3. The van der Waals surface area contributed by atoms with Gasteiger partial charge in [-0.05, 0) is 56.6 Å². The van der Waals surface area contributed by atoms with Gasteiger partial charge in [0, 0.05) is 24.0 Å². The van der Waals surface area contributed by atoms with Crippen molar-refractivity contribution in [1.29, 1.82) is 0 Å². The molecule has 6 nitrogen and oxygen atoms in total. The smallest absolute Gasteiger partial charge is 0.422 e. The van der Waals surface area contributed by atoms with Crippen LogP contribution in [-0.4, -0.2) is 37.6 Å². The Labute approximate surface area is 239 Å². The van der Waals surface area contributed by atoms with Gasteiger partial charge in [-0.2, -0.15) is 13.2 Å². The Morgan fingerprint density at radius 1 is 1.07 bits per heavy atom. The molecule has 0 unspecified atom stereocenters. The number of aromatic nitrogens is 1. The number of hydrogen-bond donors (Lipinski definition) is 2. The molecule has 0 saturated carbocycles. The minimum Gasteiger partial charge on any atom is -0.454 e. The third-order valence-electron chi connectivity index (χ3n) is 6.81. The summed E-state index contributed by atoms with van der Waals surface area (Å²) in [5.41, 5.74) is -0.393. The number of nitrogens with one attached hydrogen (secondary N) is 2. The maximum atomic E-state index is 14.8. The van der Waals surface area contributed by atoms with Crippen molar-refractivity contribution >= 4 is 28.6 Å². The summed E-state index contributed by atoms with van der Waals surface area (Å²) in [5, 5.41) is 7.95. The van der Waals surface area contributed by atoms with E-state index in [2.05, 4.69) is 15.6 Å². The summed E-state index contributed by atoms with van der Waals surface area (Å²) in [7, 11) is 1.80. The number of alkyl halides is 3. The van der Waals surface area contributed by atoms with Crippen molar-refractivity contribution in [3.63, 3.8) is 0 Å². The Bertz CT molecular complexity index is 1510. The van der Waals surface area contributed by atoms with Crippen LogP contribution in [0.1, 0.15) is 28.9 Å². The first-order valence-corrected chi connectivity index (χ1v) is 14.0. The van der Waals surface area contributed by atoms with E-state index < -0.39 is 29.2 Å². The third kappa shape index (κ3) is 6.52. The summed E-state index contributed by atoms with van der Waals surface area (Å²) in [5.74, 6) is -2.20. The molecule has 1 saturated heterocycles. The molecule has 0 spiro atoms. The number of carbonyl (C=O) groups is 1. The Balaban J connectivity index is 1.56. The minimum atomic E-state index is -4.87. The van der Waals surface area contributed by atoms with Gasteiger partial charge in [-0.25, -0.2) is 9.37 Å². The number of carbonyl (C=O) groups excluding carboxylic acids is 1. The van der Waals surface area contributed by atoms with E-state index in [1.807, 2.05) is 30.3 Å². The zero-order chi connectivity index (χ0) is 29.0. The van der Waals surface area contributed by atoms with Gasteiger partial charge in [-0.1, -0.05) is 42.5 Å². The highest BCUT2D eigenvalue weighted by Crippen LogP contribution is 2.48. The average Bonchev–Trinajstić information content (AvgIpc) is 3.46. The summed E-state index contributed by atoms with van der Waals surface area (Å²) in [6, 6.07) is 17.1. The van der Waals surface area contributed by atoms with Crippen molar-refractivity contribution in [2.24, 2.45) is 5.92 Å². The van der Waals surface area contributed by atoms with Crippen LogP contribution in [0.4, 0.5) is 28.9 Å². The number of rotatable bonds is 8. The molecule has 41 heavy (non-hydrogen) atoms. The van der Waals surface area contributed by atoms with Crippen molar-refractivity contribution < 1.29 is 27.1 Å². The van der Waals surface area contributed by atoms with E-state index in [1.54, 1.807) is 17.3 Å². The van der Waals surface area contributed by atoms with Crippen molar-refractivity contribution in [2.75, 3.05) is 36.9 Å². The van der Waals surface area contributed by atoms with Gasteiger partial charge in [0.05, 0.1) is 11.4 Å². The van der Waals surface area contributed by atoms with Crippen LogP contribution in [0.2, 0.25) is 0 Å². The molecular formula is C30H28F4N4O2S. The summed E-state index contributed by atoms with van der Waals surface area (Å²) in [4.78, 5) is 19.3. The second-order valence-corrected chi connectivity index (χ2v) is 10.6. The predicted molar refractivity (Wildman–Crippen MR) is 152 cm³/mol. The highest BCUT2D eigenvalue weighted by molar-refractivity contribution is 7.13. The summed E-state index contributed by atoms with van der Waals surface area (Å²) in [6.45, 7) is 1.32. The highest BCUT2D eigenvalue weighted by Gasteiger charge is 2.41. The van der Waals surface area contributed by atoms with Gasteiger partial charge in [0.2, 0.25) is 0 Å². The van der Waals surface area contributed by atoms with Crippen LogP contribution < -0.4 is 20.3 Å². The SMILES string of the molecule is CNC[C@@H]1CCCN(c2c(NC(=O)c3csc(-c4ccccc4)n3)ccc(Oc3ccccc3F)c2C(F)(F)F)C1. The van der Waals surface area contributed by atoms with E-state index in [-0.39, 0.29) is 28.7 Å². The number of benzene rings is 3. The molecule has 5 rings (SSSR count). The molecule has 4 aromatic rings. The molecule has 2 heterocycles. The Hall–Kier alpha value is -3.96. The molecule has 214 valence electrons. The fraction of sp³-hybridized carbons (Fsp3) is 0.267. The number of thiazole rings is 1. The average molecular weight is 585 g/mol. The van der Waals surface area contributed by atoms with E-state index in [4.69, 9.17) is 4.74 Å². The third-order valence-corrected chi connectivity index (χ3v) is 7.70. The molecule has 11 heteroatoms. The van der Waals surface area contributed by atoms with Gasteiger partial charge in [0.15, 0.2) is 11.6 Å². The second-order valence-electron chi connectivity index (χ2n) is 9.74. The van der Waals surface area contributed by atoms with Crippen molar-refractivity contribution in [3.8, 4) is 22.1 Å². The zero-order valence-electron chi connectivity index (χ0n) is 22.2. The molecule has 0 bridgehead atoms. The lowest BCUT2D eigenvalue weighted by molar-refractivity contribution is -0.138. The molecule has 3 aromatic carbocycles. The fourth-order valence-corrected chi connectivity index (χ4v) is 5.81. The first kappa shape index (κ1) is 28.6. The van der Waals surface area contributed by atoms with Crippen LogP contribution in [0.3, 0.4) is 0 Å². The number of ether oxygens (including phenoxy) is 1. The fourth-order valence-electron chi connectivity index (χ4n) is 5.01. The van der Waals surface area contributed by atoms with E-state index >= 15 is 0 Å². The molecule has 1 aliphatic rings. The highest BCUT2D eigenvalue weighted by atomic mass is 32.1. The van der Waals surface area contributed by atoms with E-state index in [0.717, 1.165) is 24.1 Å². The topological polar surface area (TPSA) is 66.5 Å². The summed E-state index contributed by atoms with van der Waals surface area (Å²) >= 11 is 1.27. The van der Waals surface area contributed by atoms with Crippen molar-refractivity contribution in [3.05, 3.63) is 89.2 Å². The van der Waals surface area contributed by atoms with Crippen LogP contribution in [0, 0.1) is 11.7 Å². The van der Waals surface area contributed by atoms with E-state index in [1.165, 1.54) is 35.6 Å². The van der Waals surface area contributed by atoms with Crippen molar-refractivity contribution in [2.45, 2.75) is 19.0 Å². The first-order chi connectivity index (χ1) is 19.7. The molecule has 1 atom stereocenters. The van der Waals surface area contributed by atoms with E-state index in [9.17, 15) is 22.4 Å². The summed E-state index contributed by atoms with van der Waals surface area (Å²) < 4.78 is 64.3. The lowest BCUT2D eigenvalue weighted by Gasteiger charge is -2.37. The van der Waals surface area contributed by atoms with Crippen molar-refractivity contribution in [1.82, 2.24) is 10.3 Å². The van der Waals surface area contributed by atoms with Gasteiger partial charge in [-0.3, -0.25) is 4.79 Å². The quantitative estimate of drug-likeness (QED) is 0.211. The molecule has 1 aromatic heterocycles. The van der Waals surface area contributed by atoms with Crippen LogP contribution in [-0.2, 0) is 6.18 Å². The van der Waals surface area contributed by atoms with Gasteiger partial charge in [0.1, 0.15) is 22.0 Å². The number of nitrogens with zero attached hydrogens (tertiary/aromatic N) is 2. The van der Waals surface area contributed by atoms with Crippen LogP contribution in [0.15, 0.2) is 72.1 Å². The Kier molecular flexibility index (Phi) is 8.55. The molecule has 0 aliphatic carbocycles. The Morgan fingerprint density at radius 2 is 1.83 bits per heavy atom. The van der Waals surface area contributed by atoms with Crippen LogP contribution in [0.5, 0.6) is 11.5 Å². The standard InChI is InChI=1S/C30H28F4N4O2S/c1-35-16-19-8-7-15-38(17-19)27-22(36-28(39)23-18-41-29(37-23)20-9-3-2-4-10-20)13-14-25(26(27)30(32,33)34)40-24-12-6-5-11-21(24)31/h2-6,9-14,18-19,35H,7-8,15-17H2,1H3,(H,36,39)/t19-/m0/s1. The number of halogens is 4. The lowest BCUT2D eigenvalue weighted by Crippen LogP contribution is -2.40. The molecule has 1 aliphatic heterocycles. The van der Waals surface area contributed by atoms with Gasteiger partial charge >= 0.3 is 6.18 Å². The molecule has 2 N–H and O–H groups in total. The number of anilines is 2. The largest absolute Gasteiger partial charge is 0.454 e. The van der Waals surface area contributed by atoms with Gasteiger partial charge in [-0.15, -0.1) is 11.3 Å². The normalized spacial score (nSPS) is 15.5. The molecule has 0 radical (unpaired) electrons. The molecule has 1 amide bonds. The predicted octanol–water partition coefficient (Wildman–Crippen LogP) is 7.45.